The number of carbonyl (C=O) groups excluding carboxylic acids is 1. The van der Waals surface area contributed by atoms with E-state index in [0.29, 0.717) is 23.6 Å². The van der Waals surface area contributed by atoms with Crippen molar-refractivity contribution < 1.29 is 14.3 Å². The second-order valence-electron chi connectivity index (χ2n) is 11.0. The van der Waals surface area contributed by atoms with Crippen LogP contribution >= 0.6 is 0 Å². The standard InChI is InChI=1S/C37H32N2O3/c1-4-26-19-23(2)17-18-31(26)39-32-15-10-16-33-34(32)37(29-14-9-8-13-28(29)36(40)42-37)30-21-27(20-24(3)35(30)41-33)38-22-25-11-6-5-7-12-25/h5-21,38-39H,4,22H2,1-3H3. The van der Waals surface area contributed by atoms with Crippen molar-refractivity contribution in [1.29, 1.82) is 0 Å². The average molecular weight is 553 g/mol. The van der Waals surface area contributed by atoms with Crippen LogP contribution < -0.4 is 15.4 Å². The van der Waals surface area contributed by atoms with Gasteiger partial charge in [-0.25, -0.2) is 4.79 Å². The molecule has 0 fully saturated rings. The lowest BCUT2D eigenvalue weighted by molar-refractivity contribution is 0.0226. The van der Waals surface area contributed by atoms with Gasteiger partial charge in [0.15, 0.2) is 5.60 Å². The van der Waals surface area contributed by atoms with E-state index in [2.05, 4.69) is 66.9 Å². The summed E-state index contributed by atoms with van der Waals surface area (Å²) in [7, 11) is 0. The number of benzene rings is 5. The Bertz CT molecular complexity index is 1850. The van der Waals surface area contributed by atoms with Crippen LogP contribution in [-0.4, -0.2) is 5.97 Å². The maximum atomic E-state index is 13.5. The molecule has 1 spiro atoms. The predicted molar refractivity (Wildman–Crippen MR) is 167 cm³/mol. The van der Waals surface area contributed by atoms with Gasteiger partial charge in [0, 0.05) is 23.5 Å². The molecule has 5 nitrogen and oxygen atoms in total. The SMILES string of the molecule is CCc1cc(C)ccc1Nc1cccc2c1C1(OC(=O)c3ccccc31)c1cc(NCc3ccccc3)cc(C)c1O2. The second kappa shape index (κ2) is 10.1. The number of rotatable bonds is 6. The predicted octanol–water partition coefficient (Wildman–Crippen LogP) is 8.79. The van der Waals surface area contributed by atoms with E-state index in [1.807, 2.05) is 67.6 Å². The largest absolute Gasteiger partial charge is 0.456 e. The van der Waals surface area contributed by atoms with Crippen LogP contribution in [-0.2, 0) is 23.3 Å². The van der Waals surface area contributed by atoms with Gasteiger partial charge < -0.3 is 20.1 Å². The zero-order chi connectivity index (χ0) is 28.8. The van der Waals surface area contributed by atoms with Crippen LogP contribution in [0.5, 0.6) is 11.5 Å². The number of hydrogen-bond acceptors (Lipinski definition) is 5. The van der Waals surface area contributed by atoms with Crippen molar-refractivity contribution in [3.63, 3.8) is 0 Å². The van der Waals surface area contributed by atoms with Crippen molar-refractivity contribution in [2.45, 2.75) is 39.3 Å². The van der Waals surface area contributed by atoms with Crippen LogP contribution in [0.15, 0.2) is 103 Å². The molecule has 5 heteroatoms. The monoisotopic (exact) mass is 552 g/mol. The fourth-order valence-corrected chi connectivity index (χ4v) is 6.29. The maximum absolute atomic E-state index is 13.5. The summed E-state index contributed by atoms with van der Waals surface area (Å²) in [6, 6.07) is 34.5. The van der Waals surface area contributed by atoms with E-state index in [-0.39, 0.29) is 5.97 Å². The Balaban J connectivity index is 1.43. The molecule has 2 aliphatic rings. The quantitative estimate of drug-likeness (QED) is 0.206. The highest BCUT2D eigenvalue weighted by Gasteiger charge is 2.55. The van der Waals surface area contributed by atoms with Crippen LogP contribution in [0.4, 0.5) is 17.1 Å². The Morgan fingerprint density at radius 2 is 1.60 bits per heavy atom. The van der Waals surface area contributed by atoms with E-state index in [0.717, 1.165) is 45.7 Å². The van der Waals surface area contributed by atoms with Gasteiger partial charge in [-0.1, -0.05) is 79.2 Å². The minimum atomic E-state index is -1.19. The van der Waals surface area contributed by atoms with E-state index in [1.54, 1.807) is 0 Å². The van der Waals surface area contributed by atoms with Crippen LogP contribution in [0.1, 0.15) is 56.2 Å². The summed E-state index contributed by atoms with van der Waals surface area (Å²) in [5.74, 6) is 1.03. The molecular formula is C37H32N2O3. The number of ether oxygens (including phenoxy) is 2. The van der Waals surface area contributed by atoms with E-state index in [9.17, 15) is 4.79 Å². The van der Waals surface area contributed by atoms with Gasteiger partial charge in [-0.3, -0.25) is 0 Å². The van der Waals surface area contributed by atoms with Gasteiger partial charge in [-0.15, -0.1) is 0 Å². The second-order valence-corrected chi connectivity index (χ2v) is 11.0. The van der Waals surface area contributed by atoms with Gasteiger partial charge in [-0.05, 0) is 73.4 Å². The van der Waals surface area contributed by atoms with Gasteiger partial charge in [-0.2, -0.15) is 0 Å². The molecule has 0 bridgehead atoms. The summed E-state index contributed by atoms with van der Waals surface area (Å²) in [6.07, 6.45) is 0.886. The topological polar surface area (TPSA) is 59.6 Å². The molecule has 1 atom stereocenters. The van der Waals surface area contributed by atoms with E-state index in [1.165, 1.54) is 16.7 Å². The van der Waals surface area contributed by atoms with Crippen molar-refractivity contribution in [3.05, 3.63) is 148 Å². The molecule has 5 aromatic carbocycles. The Labute approximate surface area is 246 Å². The Kier molecular flexibility index (Phi) is 6.23. The summed E-state index contributed by atoms with van der Waals surface area (Å²) in [5.41, 5.74) is 9.13. The number of esters is 1. The molecule has 0 amide bonds. The third-order valence-corrected chi connectivity index (χ3v) is 8.27. The minimum absolute atomic E-state index is 0.343. The number of fused-ring (bicyclic) bond motifs is 6. The van der Waals surface area contributed by atoms with Gasteiger partial charge >= 0.3 is 5.97 Å². The molecule has 0 aromatic heterocycles. The first kappa shape index (κ1) is 25.9. The summed E-state index contributed by atoms with van der Waals surface area (Å²) < 4.78 is 13.2. The maximum Gasteiger partial charge on any atom is 0.340 e. The van der Waals surface area contributed by atoms with Crippen LogP contribution in [0.3, 0.4) is 0 Å². The average Bonchev–Trinajstić information content (AvgIpc) is 3.30. The number of nitrogens with one attached hydrogen (secondary N) is 2. The van der Waals surface area contributed by atoms with Crippen LogP contribution in [0.25, 0.3) is 0 Å². The fourth-order valence-electron chi connectivity index (χ4n) is 6.29. The number of aryl methyl sites for hydroxylation is 3. The van der Waals surface area contributed by atoms with Crippen LogP contribution in [0, 0.1) is 13.8 Å². The molecule has 0 aliphatic carbocycles. The van der Waals surface area contributed by atoms with Crippen molar-refractivity contribution >= 4 is 23.0 Å². The molecule has 0 radical (unpaired) electrons. The smallest absolute Gasteiger partial charge is 0.340 e. The molecule has 0 saturated carbocycles. The summed E-state index contributed by atoms with van der Waals surface area (Å²) in [5, 5.41) is 7.28. The molecule has 2 heterocycles. The third-order valence-electron chi connectivity index (χ3n) is 8.27. The molecule has 7 rings (SSSR count). The Morgan fingerprint density at radius 3 is 2.43 bits per heavy atom. The van der Waals surface area contributed by atoms with Crippen molar-refractivity contribution in [2.75, 3.05) is 10.6 Å². The first-order valence-corrected chi connectivity index (χ1v) is 14.4. The van der Waals surface area contributed by atoms with Gasteiger partial charge in [0.05, 0.1) is 22.4 Å². The minimum Gasteiger partial charge on any atom is -0.456 e. The lowest BCUT2D eigenvalue weighted by Gasteiger charge is -2.39. The molecule has 0 saturated heterocycles. The van der Waals surface area contributed by atoms with Crippen molar-refractivity contribution in [3.8, 4) is 11.5 Å². The molecule has 5 aromatic rings. The molecule has 2 N–H and O–H groups in total. The van der Waals surface area contributed by atoms with Gasteiger partial charge in [0.1, 0.15) is 11.5 Å². The summed E-state index contributed by atoms with van der Waals surface area (Å²) in [6.45, 7) is 6.96. The zero-order valence-corrected chi connectivity index (χ0v) is 24.0. The van der Waals surface area contributed by atoms with Crippen molar-refractivity contribution in [2.24, 2.45) is 0 Å². The Morgan fingerprint density at radius 1 is 0.786 bits per heavy atom. The highest BCUT2D eigenvalue weighted by Crippen LogP contribution is 2.59. The zero-order valence-electron chi connectivity index (χ0n) is 24.0. The summed E-state index contributed by atoms with van der Waals surface area (Å²) >= 11 is 0. The highest BCUT2D eigenvalue weighted by atomic mass is 16.6. The first-order valence-electron chi connectivity index (χ1n) is 14.4. The molecule has 2 aliphatic heterocycles. The lowest BCUT2D eigenvalue weighted by Crippen LogP contribution is -2.34. The lowest BCUT2D eigenvalue weighted by atomic mass is 9.76. The van der Waals surface area contributed by atoms with E-state index < -0.39 is 5.60 Å². The highest BCUT2D eigenvalue weighted by molar-refractivity contribution is 5.98. The van der Waals surface area contributed by atoms with Crippen molar-refractivity contribution in [1.82, 2.24) is 0 Å². The fraction of sp³-hybridized carbons (Fsp3) is 0.162. The first-order chi connectivity index (χ1) is 20.5. The number of anilines is 3. The summed E-state index contributed by atoms with van der Waals surface area (Å²) in [4.78, 5) is 13.5. The van der Waals surface area contributed by atoms with E-state index in [4.69, 9.17) is 9.47 Å². The molecular weight excluding hydrogens is 520 g/mol. The normalized spacial score (nSPS) is 16.2. The third kappa shape index (κ3) is 4.12. The van der Waals surface area contributed by atoms with E-state index >= 15 is 0 Å². The number of carbonyl (C=O) groups is 1. The molecule has 208 valence electrons. The number of hydrogen-bond donors (Lipinski definition) is 2. The van der Waals surface area contributed by atoms with Crippen LogP contribution in [0.2, 0.25) is 0 Å². The Hall–Kier alpha value is -5.03. The molecule has 42 heavy (non-hydrogen) atoms. The van der Waals surface area contributed by atoms with Gasteiger partial charge in [0.2, 0.25) is 0 Å². The van der Waals surface area contributed by atoms with Gasteiger partial charge in [0.25, 0.3) is 0 Å². The molecule has 1 unspecified atom stereocenters.